The van der Waals surface area contributed by atoms with Gasteiger partial charge in [-0.15, -0.1) is 0 Å². The van der Waals surface area contributed by atoms with E-state index >= 15 is 0 Å². The van der Waals surface area contributed by atoms with Gasteiger partial charge < -0.3 is 14.4 Å². The number of hydrogen-bond acceptors (Lipinski definition) is 3. The molecule has 0 aliphatic carbocycles. The highest BCUT2D eigenvalue weighted by atomic mass is 16.5. The Bertz CT molecular complexity index is 504. The van der Waals surface area contributed by atoms with Gasteiger partial charge in [0.05, 0.1) is 5.60 Å². The van der Waals surface area contributed by atoms with Crippen LogP contribution in [0.25, 0.3) is 0 Å². The Morgan fingerprint density at radius 2 is 1.80 bits per heavy atom. The molecule has 4 heteroatoms. The van der Waals surface area contributed by atoms with Crippen LogP contribution in [-0.2, 0) is 22.3 Å². The first-order chi connectivity index (χ1) is 9.09. The van der Waals surface area contributed by atoms with Crippen LogP contribution in [0.2, 0.25) is 0 Å². The first-order valence-electron chi connectivity index (χ1n) is 7.05. The van der Waals surface area contributed by atoms with Crippen LogP contribution in [0.4, 0.5) is 0 Å². The van der Waals surface area contributed by atoms with Gasteiger partial charge in [-0.1, -0.05) is 20.8 Å². The summed E-state index contributed by atoms with van der Waals surface area (Å²) in [6.07, 6.45) is 0.773. The van der Waals surface area contributed by atoms with E-state index in [-0.39, 0.29) is 11.0 Å². The molecule has 0 bridgehead atoms. The molecule has 0 spiro atoms. The summed E-state index contributed by atoms with van der Waals surface area (Å²) in [6.45, 7) is 10.7. The zero-order valence-corrected chi connectivity index (χ0v) is 13.5. The molecule has 114 valence electrons. The number of aromatic nitrogens is 1. The molecule has 0 atom stereocenters. The maximum Gasteiger partial charge on any atom is 0.256 e. The van der Waals surface area contributed by atoms with E-state index in [4.69, 9.17) is 4.74 Å². The van der Waals surface area contributed by atoms with Crippen LogP contribution in [0.3, 0.4) is 0 Å². The van der Waals surface area contributed by atoms with Gasteiger partial charge in [0, 0.05) is 36.9 Å². The number of aliphatic hydroxyl groups is 1. The van der Waals surface area contributed by atoms with Crippen LogP contribution in [0.5, 0.6) is 0 Å². The Morgan fingerprint density at radius 1 is 1.20 bits per heavy atom. The zero-order valence-electron chi connectivity index (χ0n) is 13.5. The molecule has 0 aliphatic heterocycles. The average Bonchev–Trinajstić information content (AvgIpc) is 2.28. The van der Waals surface area contributed by atoms with Gasteiger partial charge in [0.15, 0.2) is 0 Å². The fourth-order valence-electron chi connectivity index (χ4n) is 2.29. The van der Waals surface area contributed by atoms with Crippen molar-refractivity contribution >= 4 is 0 Å². The van der Waals surface area contributed by atoms with Crippen molar-refractivity contribution in [3.8, 4) is 0 Å². The molecule has 0 saturated carbocycles. The maximum atomic E-state index is 12.6. The number of nitrogens with zero attached hydrogens (tertiary/aromatic N) is 1. The molecule has 20 heavy (non-hydrogen) atoms. The van der Waals surface area contributed by atoms with Gasteiger partial charge in [-0.05, 0) is 32.4 Å². The molecule has 0 unspecified atom stereocenters. The van der Waals surface area contributed by atoms with Crippen LogP contribution in [0.1, 0.15) is 52.3 Å². The van der Waals surface area contributed by atoms with E-state index in [1.54, 1.807) is 31.6 Å². The highest BCUT2D eigenvalue weighted by Gasteiger charge is 2.25. The van der Waals surface area contributed by atoms with Crippen LogP contribution < -0.4 is 5.56 Å². The van der Waals surface area contributed by atoms with Crippen molar-refractivity contribution < 1.29 is 9.84 Å². The first kappa shape index (κ1) is 16.9. The summed E-state index contributed by atoms with van der Waals surface area (Å²) in [6, 6.07) is 3.69. The van der Waals surface area contributed by atoms with Crippen molar-refractivity contribution in [1.82, 2.24) is 4.57 Å². The molecular formula is C16H27NO3. The molecule has 0 fully saturated rings. The minimum absolute atomic E-state index is 0.110. The van der Waals surface area contributed by atoms with E-state index in [9.17, 15) is 9.90 Å². The number of ether oxygens (including phenoxy) is 1. The lowest BCUT2D eigenvalue weighted by Gasteiger charge is -2.27. The van der Waals surface area contributed by atoms with E-state index in [1.165, 1.54) is 0 Å². The molecule has 1 N–H and O–H groups in total. The monoisotopic (exact) mass is 281 g/mol. The normalized spacial score (nSPS) is 12.8. The predicted octanol–water partition coefficient (Wildman–Crippen LogP) is 2.41. The van der Waals surface area contributed by atoms with Crippen molar-refractivity contribution in [2.45, 2.75) is 58.6 Å². The Labute approximate surface area is 121 Å². The third-order valence-electron chi connectivity index (χ3n) is 3.33. The van der Waals surface area contributed by atoms with Crippen molar-refractivity contribution in [2.75, 3.05) is 13.7 Å². The Balaban J connectivity index is 3.35. The molecule has 0 aromatic carbocycles. The van der Waals surface area contributed by atoms with Gasteiger partial charge in [0.1, 0.15) is 0 Å². The van der Waals surface area contributed by atoms with Crippen molar-refractivity contribution in [2.24, 2.45) is 0 Å². The Hall–Kier alpha value is -1.13. The summed E-state index contributed by atoms with van der Waals surface area (Å²) in [5, 5.41) is 10.1. The summed E-state index contributed by atoms with van der Waals surface area (Å²) < 4.78 is 6.83. The van der Waals surface area contributed by atoms with Crippen LogP contribution >= 0.6 is 0 Å². The second-order valence-corrected chi connectivity index (χ2v) is 6.74. The lowest BCUT2D eigenvalue weighted by Crippen LogP contribution is -2.36. The molecule has 0 aliphatic rings. The minimum Gasteiger partial charge on any atom is -0.386 e. The summed E-state index contributed by atoms with van der Waals surface area (Å²) in [5.41, 5.74) is 0.0523. The smallest absolute Gasteiger partial charge is 0.256 e. The van der Waals surface area contributed by atoms with Gasteiger partial charge in [-0.2, -0.15) is 0 Å². The lowest BCUT2D eigenvalue weighted by molar-refractivity contribution is 0.0762. The second kappa shape index (κ2) is 6.10. The number of hydrogen-bond donors (Lipinski definition) is 1. The Morgan fingerprint density at radius 3 is 2.25 bits per heavy atom. The van der Waals surface area contributed by atoms with Crippen molar-refractivity contribution in [3.05, 3.63) is 33.7 Å². The van der Waals surface area contributed by atoms with Gasteiger partial charge in [-0.3, -0.25) is 4.79 Å². The fourth-order valence-corrected chi connectivity index (χ4v) is 2.29. The fraction of sp³-hybridized carbons (Fsp3) is 0.688. The quantitative estimate of drug-likeness (QED) is 0.843. The van der Waals surface area contributed by atoms with E-state index in [2.05, 4.69) is 20.8 Å². The third-order valence-corrected chi connectivity index (χ3v) is 3.33. The summed E-state index contributed by atoms with van der Waals surface area (Å²) in [5.74, 6) is 0. The van der Waals surface area contributed by atoms with E-state index in [0.717, 1.165) is 12.1 Å². The van der Waals surface area contributed by atoms with E-state index in [1.807, 2.05) is 6.07 Å². The van der Waals surface area contributed by atoms with Crippen molar-refractivity contribution in [1.29, 1.82) is 0 Å². The van der Waals surface area contributed by atoms with E-state index < -0.39 is 5.60 Å². The van der Waals surface area contributed by atoms with Gasteiger partial charge in [0.25, 0.3) is 5.56 Å². The predicted molar refractivity (Wildman–Crippen MR) is 81.1 cm³/mol. The minimum atomic E-state index is -1.13. The molecule has 1 aromatic heterocycles. The van der Waals surface area contributed by atoms with Crippen molar-refractivity contribution in [3.63, 3.8) is 0 Å². The molecule has 1 rings (SSSR count). The maximum absolute atomic E-state index is 12.6. The highest BCUT2D eigenvalue weighted by molar-refractivity contribution is 5.24. The average molecular weight is 281 g/mol. The number of pyridine rings is 1. The van der Waals surface area contributed by atoms with Crippen LogP contribution in [0.15, 0.2) is 16.9 Å². The van der Waals surface area contributed by atoms with Crippen LogP contribution in [-0.4, -0.2) is 23.4 Å². The zero-order chi connectivity index (χ0) is 15.6. The standard InChI is InChI=1S/C16H27NO3/c1-15(2,3)13-9-8-12(16(4,5)19)14(18)17(13)10-7-11-20-6/h8-9,19H,7,10-11H2,1-6H3. The van der Waals surface area contributed by atoms with Gasteiger partial charge >= 0.3 is 0 Å². The molecule has 1 aromatic rings. The topological polar surface area (TPSA) is 51.5 Å². The highest BCUT2D eigenvalue weighted by Crippen LogP contribution is 2.24. The van der Waals surface area contributed by atoms with Gasteiger partial charge in [0.2, 0.25) is 0 Å². The lowest BCUT2D eigenvalue weighted by atomic mass is 9.89. The van der Waals surface area contributed by atoms with Crippen LogP contribution in [0, 0.1) is 0 Å². The third kappa shape index (κ3) is 3.93. The molecule has 1 heterocycles. The number of rotatable bonds is 5. The molecule has 0 saturated heterocycles. The second-order valence-electron chi connectivity index (χ2n) is 6.74. The molecule has 4 nitrogen and oxygen atoms in total. The van der Waals surface area contributed by atoms with Gasteiger partial charge in [-0.25, -0.2) is 0 Å². The summed E-state index contributed by atoms with van der Waals surface area (Å²) >= 11 is 0. The van der Waals surface area contributed by atoms with E-state index in [0.29, 0.717) is 18.7 Å². The number of methoxy groups -OCH3 is 1. The molecule has 0 radical (unpaired) electrons. The Kier molecular flexibility index (Phi) is 5.16. The molecular weight excluding hydrogens is 254 g/mol. The SMILES string of the molecule is COCCCn1c(C(C)(C)C)ccc(C(C)(C)O)c1=O. The largest absolute Gasteiger partial charge is 0.386 e. The summed E-state index contributed by atoms with van der Waals surface area (Å²) in [7, 11) is 1.65. The molecule has 0 amide bonds. The first-order valence-corrected chi connectivity index (χ1v) is 7.05. The summed E-state index contributed by atoms with van der Waals surface area (Å²) in [4.78, 5) is 12.6.